The van der Waals surface area contributed by atoms with Crippen LogP contribution in [0.5, 0.6) is 0 Å². The zero-order valence-electron chi connectivity index (χ0n) is 10.3. The molecular formula is C13H15ClN2O2. The van der Waals surface area contributed by atoms with Gasteiger partial charge in [0.05, 0.1) is 12.0 Å². The molecule has 0 aliphatic carbocycles. The van der Waals surface area contributed by atoms with Crippen LogP contribution in [-0.2, 0) is 6.42 Å². The molecule has 0 spiro atoms. The minimum absolute atomic E-state index is 0.169. The van der Waals surface area contributed by atoms with Crippen molar-refractivity contribution in [1.82, 2.24) is 10.1 Å². The lowest BCUT2D eigenvalue weighted by Crippen LogP contribution is -2.11. The summed E-state index contributed by atoms with van der Waals surface area (Å²) in [5.74, 6) is 0.857. The quantitative estimate of drug-likeness (QED) is 0.924. The molecule has 1 N–H and O–H groups in total. The Hall–Kier alpha value is -1.39. The molecule has 2 aromatic rings. The monoisotopic (exact) mass is 266 g/mol. The minimum Gasteiger partial charge on any atom is -0.393 e. The van der Waals surface area contributed by atoms with Gasteiger partial charge in [0.2, 0.25) is 5.89 Å². The summed E-state index contributed by atoms with van der Waals surface area (Å²) in [6.45, 7) is 3.54. The van der Waals surface area contributed by atoms with Gasteiger partial charge in [-0.15, -0.1) is 0 Å². The van der Waals surface area contributed by atoms with E-state index in [2.05, 4.69) is 10.1 Å². The standard InChI is InChI=1S/C13H15ClN2O2/c1-8(9(2)17)13-15-12(16-18-13)7-10-5-3-4-6-11(10)14/h3-6,8-9,17H,7H2,1-2H3. The fourth-order valence-electron chi connectivity index (χ4n) is 1.54. The van der Waals surface area contributed by atoms with Crippen molar-refractivity contribution < 1.29 is 9.63 Å². The lowest BCUT2D eigenvalue weighted by molar-refractivity contribution is 0.151. The highest BCUT2D eigenvalue weighted by atomic mass is 35.5. The van der Waals surface area contributed by atoms with Gasteiger partial charge in [-0.05, 0) is 18.6 Å². The molecule has 0 aliphatic rings. The zero-order valence-corrected chi connectivity index (χ0v) is 11.1. The Kier molecular flexibility index (Phi) is 3.99. The molecule has 4 nitrogen and oxygen atoms in total. The Labute approximate surface area is 111 Å². The van der Waals surface area contributed by atoms with Gasteiger partial charge in [-0.25, -0.2) is 0 Å². The molecule has 5 heteroatoms. The first kappa shape index (κ1) is 13.1. The van der Waals surface area contributed by atoms with Gasteiger partial charge < -0.3 is 9.63 Å². The van der Waals surface area contributed by atoms with E-state index in [1.165, 1.54) is 0 Å². The summed E-state index contributed by atoms with van der Waals surface area (Å²) in [6.07, 6.45) is 0.00834. The third-order valence-electron chi connectivity index (χ3n) is 2.90. The summed E-state index contributed by atoms with van der Waals surface area (Å²) in [5, 5.41) is 14.1. The maximum Gasteiger partial charge on any atom is 0.232 e. The number of halogens is 1. The molecule has 0 fully saturated rings. The van der Waals surface area contributed by atoms with E-state index < -0.39 is 6.10 Å². The van der Waals surface area contributed by atoms with Crippen molar-refractivity contribution in [3.05, 3.63) is 46.6 Å². The summed E-state index contributed by atoms with van der Waals surface area (Å²) in [7, 11) is 0. The van der Waals surface area contributed by atoms with E-state index in [4.69, 9.17) is 16.1 Å². The van der Waals surface area contributed by atoms with Gasteiger partial charge in [0.1, 0.15) is 0 Å². The molecule has 0 radical (unpaired) electrons. The molecule has 0 saturated heterocycles. The fourth-order valence-corrected chi connectivity index (χ4v) is 1.75. The molecule has 0 aliphatic heterocycles. The van der Waals surface area contributed by atoms with Crippen LogP contribution in [-0.4, -0.2) is 21.4 Å². The second kappa shape index (κ2) is 5.50. The van der Waals surface area contributed by atoms with Crippen LogP contribution >= 0.6 is 11.6 Å². The first-order chi connectivity index (χ1) is 8.58. The predicted molar refractivity (Wildman–Crippen MR) is 68.7 cm³/mol. The molecule has 1 aromatic carbocycles. The second-order valence-corrected chi connectivity index (χ2v) is 4.75. The van der Waals surface area contributed by atoms with Crippen LogP contribution in [0.25, 0.3) is 0 Å². The topological polar surface area (TPSA) is 59.2 Å². The average molecular weight is 267 g/mol. The Morgan fingerprint density at radius 3 is 2.72 bits per heavy atom. The second-order valence-electron chi connectivity index (χ2n) is 4.35. The number of hydrogen-bond acceptors (Lipinski definition) is 4. The molecule has 0 saturated carbocycles. The van der Waals surface area contributed by atoms with E-state index in [1.807, 2.05) is 31.2 Å². The maximum absolute atomic E-state index is 9.47. The summed E-state index contributed by atoms with van der Waals surface area (Å²) >= 11 is 6.07. The lowest BCUT2D eigenvalue weighted by Gasteiger charge is -2.08. The number of benzene rings is 1. The van der Waals surface area contributed by atoms with Gasteiger partial charge in [0.15, 0.2) is 5.82 Å². The van der Waals surface area contributed by atoms with Gasteiger partial charge in [-0.1, -0.05) is 41.9 Å². The smallest absolute Gasteiger partial charge is 0.232 e. The van der Waals surface area contributed by atoms with E-state index in [9.17, 15) is 5.11 Å². The highest BCUT2D eigenvalue weighted by Gasteiger charge is 2.19. The van der Waals surface area contributed by atoms with Gasteiger partial charge in [0, 0.05) is 11.4 Å². The van der Waals surface area contributed by atoms with Gasteiger partial charge >= 0.3 is 0 Å². The third-order valence-corrected chi connectivity index (χ3v) is 3.27. The molecule has 1 aromatic heterocycles. The van der Waals surface area contributed by atoms with Crippen LogP contribution in [0, 0.1) is 0 Å². The molecule has 0 bridgehead atoms. The van der Waals surface area contributed by atoms with Crippen molar-refractivity contribution in [2.24, 2.45) is 0 Å². The van der Waals surface area contributed by atoms with Gasteiger partial charge in [0.25, 0.3) is 0 Å². The average Bonchev–Trinajstić information content (AvgIpc) is 2.79. The molecule has 1 heterocycles. The van der Waals surface area contributed by atoms with Crippen LogP contribution in [0.3, 0.4) is 0 Å². The number of nitrogens with zero attached hydrogens (tertiary/aromatic N) is 2. The van der Waals surface area contributed by atoms with Crippen LogP contribution in [0.2, 0.25) is 5.02 Å². The first-order valence-corrected chi connectivity index (χ1v) is 6.19. The molecule has 96 valence electrons. The Bertz CT molecular complexity index is 525. The predicted octanol–water partition coefficient (Wildman–Crippen LogP) is 2.80. The van der Waals surface area contributed by atoms with E-state index in [0.717, 1.165) is 5.56 Å². The van der Waals surface area contributed by atoms with Crippen LogP contribution in [0.1, 0.15) is 37.0 Å². The van der Waals surface area contributed by atoms with Crippen molar-refractivity contribution in [2.75, 3.05) is 0 Å². The Morgan fingerprint density at radius 1 is 1.33 bits per heavy atom. The molecule has 2 rings (SSSR count). The number of hydrogen-bond donors (Lipinski definition) is 1. The van der Waals surface area contributed by atoms with E-state index in [-0.39, 0.29) is 5.92 Å². The first-order valence-electron chi connectivity index (χ1n) is 5.82. The van der Waals surface area contributed by atoms with Crippen LogP contribution < -0.4 is 0 Å². The zero-order chi connectivity index (χ0) is 13.1. The number of rotatable bonds is 4. The third kappa shape index (κ3) is 2.89. The van der Waals surface area contributed by atoms with E-state index >= 15 is 0 Å². The highest BCUT2D eigenvalue weighted by Crippen LogP contribution is 2.20. The Balaban J connectivity index is 2.14. The van der Waals surface area contributed by atoms with Gasteiger partial charge in [-0.3, -0.25) is 0 Å². The maximum atomic E-state index is 9.47. The van der Waals surface area contributed by atoms with Crippen molar-refractivity contribution in [1.29, 1.82) is 0 Å². The fraction of sp³-hybridized carbons (Fsp3) is 0.385. The largest absolute Gasteiger partial charge is 0.393 e. The molecule has 0 amide bonds. The number of aromatic nitrogens is 2. The van der Waals surface area contributed by atoms with Crippen molar-refractivity contribution in [3.8, 4) is 0 Å². The van der Waals surface area contributed by atoms with E-state index in [0.29, 0.717) is 23.2 Å². The van der Waals surface area contributed by atoms with Crippen molar-refractivity contribution >= 4 is 11.6 Å². The normalized spacial score (nSPS) is 14.4. The minimum atomic E-state index is -0.515. The van der Waals surface area contributed by atoms with E-state index in [1.54, 1.807) is 6.92 Å². The summed E-state index contributed by atoms with van der Waals surface area (Å²) < 4.78 is 5.14. The summed E-state index contributed by atoms with van der Waals surface area (Å²) in [6, 6.07) is 7.55. The number of aliphatic hydroxyl groups is 1. The van der Waals surface area contributed by atoms with Crippen molar-refractivity contribution in [3.63, 3.8) is 0 Å². The lowest BCUT2D eigenvalue weighted by atomic mass is 10.1. The van der Waals surface area contributed by atoms with Crippen LogP contribution in [0.4, 0.5) is 0 Å². The van der Waals surface area contributed by atoms with Crippen molar-refractivity contribution in [2.45, 2.75) is 32.3 Å². The molecule has 18 heavy (non-hydrogen) atoms. The summed E-state index contributed by atoms with van der Waals surface area (Å²) in [4.78, 5) is 4.27. The molecule has 2 unspecified atom stereocenters. The van der Waals surface area contributed by atoms with Gasteiger partial charge in [-0.2, -0.15) is 4.98 Å². The summed E-state index contributed by atoms with van der Waals surface area (Å²) in [5.41, 5.74) is 0.955. The number of aliphatic hydroxyl groups excluding tert-OH is 1. The molecular weight excluding hydrogens is 252 g/mol. The van der Waals surface area contributed by atoms with Crippen LogP contribution in [0.15, 0.2) is 28.8 Å². The highest BCUT2D eigenvalue weighted by molar-refractivity contribution is 6.31. The Morgan fingerprint density at radius 2 is 2.06 bits per heavy atom. The molecule has 2 atom stereocenters. The SMILES string of the molecule is CC(O)C(C)c1nc(Cc2ccccc2Cl)no1.